The molecule has 0 radical (unpaired) electrons. The first-order valence-electron chi connectivity index (χ1n) is 10.0. The van der Waals surface area contributed by atoms with E-state index in [1.54, 1.807) is 12.3 Å². The zero-order chi connectivity index (χ0) is 21.8. The molecule has 0 aliphatic rings. The lowest BCUT2D eigenvalue weighted by Crippen LogP contribution is -2.05. The van der Waals surface area contributed by atoms with E-state index in [4.69, 9.17) is 25.8 Å². The summed E-state index contributed by atoms with van der Waals surface area (Å²) in [4.78, 5) is 4.67. The van der Waals surface area contributed by atoms with Crippen molar-refractivity contribution in [2.75, 3.05) is 26.9 Å². The summed E-state index contributed by atoms with van der Waals surface area (Å²) in [5.74, 6) is 2.44. The Morgan fingerprint density at radius 1 is 0.967 bits per heavy atom. The molecule has 0 saturated heterocycles. The molecule has 0 aliphatic carbocycles. The van der Waals surface area contributed by atoms with Crippen LogP contribution < -0.4 is 14.2 Å². The number of oxime groups is 1. The van der Waals surface area contributed by atoms with Gasteiger partial charge in [-0.1, -0.05) is 28.9 Å². The molecule has 0 aromatic heterocycles. The van der Waals surface area contributed by atoms with Crippen LogP contribution in [0.1, 0.15) is 36.5 Å². The number of benzene rings is 2. The van der Waals surface area contributed by atoms with E-state index in [2.05, 4.69) is 9.99 Å². The Kier molecular flexibility index (Phi) is 10.1. The second kappa shape index (κ2) is 12.8. The molecule has 0 N–H and O–H groups in total. The average Bonchev–Trinajstić information content (AvgIpc) is 2.72. The summed E-state index contributed by atoms with van der Waals surface area (Å²) in [5, 5.41) is 4.27. The molecule has 0 fully saturated rings. The van der Waals surface area contributed by atoms with Gasteiger partial charge in [-0.2, -0.15) is 0 Å². The first-order chi connectivity index (χ1) is 14.5. The predicted octanol–water partition coefficient (Wildman–Crippen LogP) is 6.13. The molecule has 2 aromatic rings. The number of unbranched alkanes of at least 4 members (excludes halogenated alkanes) is 1. The lowest BCUT2D eigenvalue weighted by atomic mass is 10.1. The van der Waals surface area contributed by atoms with Gasteiger partial charge in [-0.15, -0.1) is 0 Å². The van der Waals surface area contributed by atoms with Crippen molar-refractivity contribution in [1.29, 1.82) is 0 Å². The van der Waals surface area contributed by atoms with Crippen molar-refractivity contribution in [2.45, 2.75) is 33.6 Å². The summed E-state index contributed by atoms with van der Waals surface area (Å²) in [7, 11) is 1.50. The van der Waals surface area contributed by atoms with Crippen molar-refractivity contribution in [3.63, 3.8) is 0 Å². The molecule has 0 spiro atoms. The third-order valence-electron chi connectivity index (χ3n) is 4.32. The molecule has 5 nitrogen and oxygen atoms in total. The first-order valence-corrected chi connectivity index (χ1v) is 10.4. The smallest absolute Gasteiger partial charge is 0.137 e. The highest BCUT2D eigenvalue weighted by atomic mass is 35.5. The van der Waals surface area contributed by atoms with Crippen LogP contribution in [-0.2, 0) is 4.84 Å². The number of ether oxygens (including phenoxy) is 3. The van der Waals surface area contributed by atoms with Gasteiger partial charge < -0.3 is 19.0 Å². The van der Waals surface area contributed by atoms with Crippen LogP contribution in [-0.4, -0.2) is 33.1 Å². The molecule has 30 heavy (non-hydrogen) atoms. The van der Waals surface area contributed by atoms with E-state index >= 15 is 0 Å². The Balaban J connectivity index is 1.74. The molecular formula is C24H30ClNO4. The van der Waals surface area contributed by atoms with Crippen LogP contribution in [0.5, 0.6) is 17.2 Å². The van der Waals surface area contributed by atoms with Crippen LogP contribution in [0.3, 0.4) is 0 Å². The Morgan fingerprint density at radius 3 is 2.30 bits per heavy atom. The molecule has 0 unspecified atom stereocenters. The van der Waals surface area contributed by atoms with Gasteiger partial charge in [0.15, 0.2) is 0 Å². The van der Waals surface area contributed by atoms with E-state index in [0.717, 1.165) is 41.0 Å². The Labute approximate surface area is 184 Å². The number of halogens is 1. The Morgan fingerprint density at radius 2 is 1.67 bits per heavy atom. The fraction of sp³-hybridized carbons (Fsp3) is 0.375. The number of allylic oxidation sites excluding steroid dienone is 1. The van der Waals surface area contributed by atoms with Crippen molar-refractivity contribution in [3.05, 3.63) is 64.2 Å². The fourth-order valence-corrected chi connectivity index (χ4v) is 3.09. The second-order valence-corrected chi connectivity index (χ2v) is 7.18. The van der Waals surface area contributed by atoms with E-state index in [1.807, 2.05) is 57.2 Å². The highest BCUT2D eigenvalue weighted by Crippen LogP contribution is 2.29. The molecule has 2 rings (SSSR count). The van der Waals surface area contributed by atoms with E-state index in [9.17, 15) is 0 Å². The summed E-state index contributed by atoms with van der Waals surface area (Å²) in [5.41, 5.74) is 3.00. The van der Waals surface area contributed by atoms with Crippen LogP contribution in [0.25, 0.3) is 0 Å². The van der Waals surface area contributed by atoms with Gasteiger partial charge in [-0.05, 0) is 80.6 Å². The van der Waals surface area contributed by atoms with Crippen LogP contribution in [0.4, 0.5) is 0 Å². The molecule has 0 atom stereocenters. The van der Waals surface area contributed by atoms with E-state index in [0.29, 0.717) is 30.6 Å². The number of nitrogens with zero attached hydrogens (tertiary/aromatic N) is 1. The third-order valence-corrected chi connectivity index (χ3v) is 4.62. The van der Waals surface area contributed by atoms with Crippen LogP contribution >= 0.6 is 11.6 Å². The second-order valence-electron chi connectivity index (χ2n) is 6.78. The maximum atomic E-state index is 6.25. The maximum absolute atomic E-state index is 6.25. The van der Waals surface area contributed by atoms with Crippen molar-refractivity contribution < 1.29 is 19.0 Å². The van der Waals surface area contributed by atoms with Crippen LogP contribution in [0, 0.1) is 13.8 Å². The highest BCUT2D eigenvalue weighted by molar-refractivity contribution is 6.32. The normalized spacial score (nSPS) is 11.2. The van der Waals surface area contributed by atoms with E-state index in [1.165, 1.54) is 7.11 Å². The average molecular weight is 432 g/mol. The lowest BCUT2D eigenvalue weighted by Gasteiger charge is -2.14. The minimum absolute atomic E-state index is 0.550. The Bertz CT molecular complexity index is 841. The SMILES string of the molecule is C/C=C/COc1cc(C)c(OCCCCOc2ccc(/C=N/OC)cc2Cl)c(C)c1. The standard InChI is InChI=1S/C24H30ClNO4/c1-5-6-11-28-21-14-18(2)24(19(3)15-21)30-13-8-7-12-29-23-10-9-20(16-22(23)25)17-26-27-4/h5-6,9-10,14-17H,7-8,11-13H2,1-4H3/b6-5+,26-17+. The molecule has 0 aliphatic heterocycles. The zero-order valence-corrected chi connectivity index (χ0v) is 18.9. The first kappa shape index (κ1) is 23.6. The number of aryl methyl sites for hydroxylation is 2. The summed E-state index contributed by atoms with van der Waals surface area (Å²) < 4.78 is 17.5. The predicted molar refractivity (Wildman–Crippen MR) is 123 cm³/mol. The highest BCUT2D eigenvalue weighted by Gasteiger charge is 2.08. The minimum Gasteiger partial charge on any atom is -0.493 e. The third kappa shape index (κ3) is 7.64. The maximum Gasteiger partial charge on any atom is 0.137 e. The summed E-state index contributed by atoms with van der Waals surface area (Å²) in [6, 6.07) is 9.53. The van der Waals surface area contributed by atoms with Crippen molar-refractivity contribution >= 4 is 17.8 Å². The number of hydrogen-bond donors (Lipinski definition) is 0. The summed E-state index contributed by atoms with van der Waals surface area (Å²) >= 11 is 6.25. The summed E-state index contributed by atoms with van der Waals surface area (Å²) in [6.45, 7) is 7.83. The monoisotopic (exact) mass is 431 g/mol. The number of hydrogen-bond acceptors (Lipinski definition) is 5. The molecule has 2 aromatic carbocycles. The topological polar surface area (TPSA) is 49.3 Å². The van der Waals surface area contributed by atoms with Gasteiger partial charge in [0, 0.05) is 0 Å². The summed E-state index contributed by atoms with van der Waals surface area (Å²) in [6.07, 6.45) is 7.30. The van der Waals surface area contributed by atoms with Crippen molar-refractivity contribution in [2.24, 2.45) is 5.16 Å². The molecule has 0 saturated carbocycles. The van der Waals surface area contributed by atoms with Gasteiger partial charge in [0.1, 0.15) is 31.0 Å². The van der Waals surface area contributed by atoms with Gasteiger partial charge in [0.2, 0.25) is 0 Å². The van der Waals surface area contributed by atoms with E-state index in [-0.39, 0.29) is 0 Å². The number of rotatable bonds is 12. The van der Waals surface area contributed by atoms with Gasteiger partial charge in [0.25, 0.3) is 0 Å². The van der Waals surface area contributed by atoms with Gasteiger partial charge in [-0.3, -0.25) is 0 Å². The lowest BCUT2D eigenvalue weighted by molar-refractivity contribution is 0.215. The van der Waals surface area contributed by atoms with Gasteiger partial charge in [0.05, 0.1) is 24.5 Å². The van der Waals surface area contributed by atoms with Crippen molar-refractivity contribution in [1.82, 2.24) is 0 Å². The quantitative estimate of drug-likeness (QED) is 0.175. The van der Waals surface area contributed by atoms with Crippen LogP contribution in [0.2, 0.25) is 5.02 Å². The molecule has 0 bridgehead atoms. The fourth-order valence-electron chi connectivity index (χ4n) is 2.85. The van der Waals surface area contributed by atoms with Gasteiger partial charge in [-0.25, -0.2) is 0 Å². The van der Waals surface area contributed by atoms with E-state index < -0.39 is 0 Å². The Hall–Kier alpha value is -2.66. The molecular weight excluding hydrogens is 402 g/mol. The van der Waals surface area contributed by atoms with Crippen molar-refractivity contribution in [3.8, 4) is 17.2 Å². The molecule has 162 valence electrons. The van der Waals surface area contributed by atoms with Gasteiger partial charge >= 0.3 is 0 Å². The molecule has 0 heterocycles. The molecule has 6 heteroatoms. The largest absolute Gasteiger partial charge is 0.493 e. The zero-order valence-electron chi connectivity index (χ0n) is 18.1. The van der Waals surface area contributed by atoms with Crippen LogP contribution in [0.15, 0.2) is 47.6 Å². The minimum atomic E-state index is 0.550. The molecule has 0 amide bonds.